The number of hydrogen-bond donors (Lipinski definition) is 3. The van der Waals surface area contributed by atoms with Gasteiger partial charge in [-0.05, 0) is 12.1 Å². The van der Waals surface area contributed by atoms with Crippen molar-refractivity contribution in [2.75, 3.05) is 6.61 Å². The molecule has 0 saturated heterocycles. The van der Waals surface area contributed by atoms with Gasteiger partial charge in [-0.25, -0.2) is 4.98 Å². The Morgan fingerprint density at radius 3 is 2.86 bits per heavy atom. The van der Waals surface area contributed by atoms with Gasteiger partial charge in [0.15, 0.2) is 0 Å². The van der Waals surface area contributed by atoms with Crippen molar-refractivity contribution in [1.29, 1.82) is 5.41 Å². The van der Waals surface area contributed by atoms with Crippen molar-refractivity contribution in [1.82, 2.24) is 4.98 Å². The minimum Gasteiger partial charge on any atom is -0.395 e. The highest BCUT2D eigenvalue weighted by Crippen LogP contribution is 2.20. The van der Waals surface area contributed by atoms with Gasteiger partial charge in [0.2, 0.25) is 0 Å². The van der Waals surface area contributed by atoms with Gasteiger partial charge in [-0.2, -0.15) is 0 Å². The summed E-state index contributed by atoms with van der Waals surface area (Å²) in [6.07, 6.45) is 1.56. The lowest BCUT2D eigenvalue weighted by molar-refractivity contribution is 0.300. The molecule has 0 fully saturated rings. The molecule has 0 spiro atoms. The summed E-state index contributed by atoms with van der Waals surface area (Å²) in [6.45, 7) is 2.05. The maximum atomic E-state index is 8.84. The third kappa shape index (κ3) is 3.01. The zero-order valence-corrected chi connectivity index (χ0v) is 8.71. The second-order valence-electron chi connectivity index (χ2n) is 2.91. The van der Waals surface area contributed by atoms with E-state index in [0.717, 1.165) is 5.03 Å². The van der Waals surface area contributed by atoms with Crippen molar-refractivity contribution < 1.29 is 5.11 Å². The first kappa shape index (κ1) is 11.0. The Kier molecular flexibility index (Phi) is 3.91. The summed E-state index contributed by atoms with van der Waals surface area (Å²) < 4.78 is 0. The van der Waals surface area contributed by atoms with Crippen LogP contribution in [0.25, 0.3) is 0 Å². The van der Waals surface area contributed by atoms with E-state index >= 15 is 0 Å². The fourth-order valence-corrected chi connectivity index (χ4v) is 1.60. The largest absolute Gasteiger partial charge is 0.395 e. The average molecular weight is 211 g/mol. The van der Waals surface area contributed by atoms with Crippen LogP contribution < -0.4 is 5.73 Å². The summed E-state index contributed by atoms with van der Waals surface area (Å²) in [5, 5.41) is 17.0. The summed E-state index contributed by atoms with van der Waals surface area (Å²) in [4.78, 5) is 4.12. The maximum absolute atomic E-state index is 8.84. The van der Waals surface area contributed by atoms with E-state index in [2.05, 4.69) is 4.98 Å². The molecule has 0 radical (unpaired) electrons. The molecule has 1 aromatic rings. The number of aliphatic hydroxyl groups is 1. The van der Waals surface area contributed by atoms with E-state index < -0.39 is 0 Å². The van der Waals surface area contributed by atoms with E-state index in [-0.39, 0.29) is 17.7 Å². The van der Waals surface area contributed by atoms with Gasteiger partial charge in [0, 0.05) is 17.0 Å². The number of amidine groups is 1. The van der Waals surface area contributed by atoms with Crippen LogP contribution in [0, 0.1) is 5.41 Å². The van der Waals surface area contributed by atoms with Gasteiger partial charge in [-0.3, -0.25) is 5.41 Å². The van der Waals surface area contributed by atoms with E-state index in [1.807, 2.05) is 6.92 Å². The number of nitrogens with zero attached hydrogens (tertiary/aromatic N) is 1. The fraction of sp³-hybridized carbons (Fsp3) is 0.333. The van der Waals surface area contributed by atoms with Gasteiger partial charge in [-0.1, -0.05) is 6.92 Å². The molecule has 76 valence electrons. The molecule has 1 rings (SSSR count). The SMILES string of the molecule is CC(CO)Sc1ccc(C(=N)N)cn1. The molecule has 0 aliphatic rings. The highest BCUT2D eigenvalue weighted by molar-refractivity contribution is 7.99. The molecule has 0 aromatic carbocycles. The summed E-state index contributed by atoms with van der Waals surface area (Å²) in [6, 6.07) is 3.55. The molecule has 5 heteroatoms. The molecule has 14 heavy (non-hydrogen) atoms. The smallest absolute Gasteiger partial charge is 0.124 e. The van der Waals surface area contributed by atoms with Gasteiger partial charge >= 0.3 is 0 Å². The molecular formula is C9H13N3OS. The second kappa shape index (κ2) is 4.97. The summed E-state index contributed by atoms with van der Waals surface area (Å²) in [7, 11) is 0. The van der Waals surface area contributed by atoms with Crippen LogP contribution >= 0.6 is 11.8 Å². The van der Waals surface area contributed by atoms with E-state index in [1.165, 1.54) is 11.8 Å². The Hall–Kier alpha value is -1.07. The Bertz CT molecular complexity index is 312. The number of nitrogen functional groups attached to an aromatic ring is 1. The topological polar surface area (TPSA) is 83.0 Å². The van der Waals surface area contributed by atoms with Crippen molar-refractivity contribution in [3.05, 3.63) is 23.9 Å². The van der Waals surface area contributed by atoms with Gasteiger partial charge in [0.1, 0.15) is 5.84 Å². The standard InChI is InChI=1S/C9H13N3OS/c1-6(5-13)14-8-3-2-7(4-12-8)9(10)11/h2-4,6,13H,5H2,1H3,(H3,10,11). The molecule has 1 heterocycles. The first-order valence-corrected chi connectivity index (χ1v) is 5.09. The first-order valence-electron chi connectivity index (χ1n) is 4.21. The zero-order valence-electron chi connectivity index (χ0n) is 7.90. The minimum atomic E-state index is 0.0178. The van der Waals surface area contributed by atoms with Gasteiger partial charge in [-0.15, -0.1) is 11.8 Å². The molecule has 0 saturated carbocycles. The molecule has 0 aliphatic heterocycles. The molecular weight excluding hydrogens is 198 g/mol. The average Bonchev–Trinajstić information content (AvgIpc) is 2.18. The van der Waals surface area contributed by atoms with E-state index in [0.29, 0.717) is 5.56 Å². The second-order valence-corrected chi connectivity index (χ2v) is 4.37. The number of pyridine rings is 1. The normalized spacial score (nSPS) is 12.4. The molecule has 4 nitrogen and oxygen atoms in total. The van der Waals surface area contributed by atoms with Crippen LogP contribution in [-0.2, 0) is 0 Å². The monoisotopic (exact) mass is 211 g/mol. The summed E-state index contributed by atoms with van der Waals surface area (Å²) in [5.74, 6) is 0.0178. The molecule has 1 unspecified atom stereocenters. The third-order valence-corrected chi connectivity index (χ3v) is 2.66. The number of thioether (sulfide) groups is 1. The lowest BCUT2D eigenvalue weighted by atomic mass is 10.3. The summed E-state index contributed by atoms with van der Waals surface area (Å²) >= 11 is 1.49. The van der Waals surface area contributed by atoms with Crippen LogP contribution in [-0.4, -0.2) is 27.8 Å². The molecule has 0 amide bonds. The predicted molar refractivity (Wildman–Crippen MR) is 57.7 cm³/mol. The van der Waals surface area contributed by atoms with E-state index in [4.69, 9.17) is 16.2 Å². The zero-order chi connectivity index (χ0) is 10.6. The number of hydrogen-bond acceptors (Lipinski definition) is 4. The number of nitrogens with two attached hydrogens (primary N) is 1. The Morgan fingerprint density at radius 1 is 1.71 bits per heavy atom. The lowest BCUT2D eigenvalue weighted by Gasteiger charge is -2.06. The third-order valence-electron chi connectivity index (χ3n) is 1.63. The van der Waals surface area contributed by atoms with Gasteiger partial charge in [0.05, 0.1) is 11.6 Å². The number of aliphatic hydroxyl groups excluding tert-OH is 1. The highest BCUT2D eigenvalue weighted by atomic mass is 32.2. The Labute approximate surface area is 87.1 Å². The van der Waals surface area contributed by atoms with Gasteiger partial charge in [0.25, 0.3) is 0 Å². The molecule has 1 aromatic heterocycles. The Balaban J connectivity index is 2.68. The highest BCUT2D eigenvalue weighted by Gasteiger charge is 2.04. The summed E-state index contributed by atoms with van der Waals surface area (Å²) in [5.41, 5.74) is 5.90. The van der Waals surface area contributed by atoms with Crippen molar-refractivity contribution in [2.45, 2.75) is 17.2 Å². The van der Waals surface area contributed by atoms with Crippen LogP contribution in [0.1, 0.15) is 12.5 Å². The van der Waals surface area contributed by atoms with E-state index in [9.17, 15) is 0 Å². The fourth-order valence-electron chi connectivity index (χ4n) is 0.853. The van der Waals surface area contributed by atoms with E-state index in [1.54, 1.807) is 18.3 Å². The van der Waals surface area contributed by atoms with Crippen LogP contribution in [0.2, 0.25) is 0 Å². The maximum Gasteiger partial charge on any atom is 0.124 e. The first-order chi connectivity index (χ1) is 6.63. The number of nitrogens with one attached hydrogen (secondary N) is 1. The van der Waals surface area contributed by atoms with Crippen molar-refractivity contribution in [2.24, 2.45) is 5.73 Å². The lowest BCUT2D eigenvalue weighted by Crippen LogP contribution is -2.11. The minimum absolute atomic E-state index is 0.0178. The van der Waals surface area contributed by atoms with Crippen LogP contribution in [0.15, 0.2) is 23.4 Å². The quantitative estimate of drug-likeness (QED) is 0.391. The molecule has 0 aliphatic carbocycles. The molecule has 1 atom stereocenters. The van der Waals surface area contributed by atoms with Gasteiger partial charge < -0.3 is 10.8 Å². The van der Waals surface area contributed by atoms with Crippen molar-refractivity contribution in [3.8, 4) is 0 Å². The molecule has 0 bridgehead atoms. The Morgan fingerprint density at radius 2 is 2.43 bits per heavy atom. The van der Waals surface area contributed by atoms with Crippen LogP contribution in [0.3, 0.4) is 0 Å². The van der Waals surface area contributed by atoms with Crippen molar-refractivity contribution in [3.63, 3.8) is 0 Å². The number of rotatable bonds is 4. The number of aromatic nitrogens is 1. The van der Waals surface area contributed by atoms with Crippen LogP contribution in [0.4, 0.5) is 0 Å². The predicted octanol–water partition coefficient (Wildman–Crippen LogP) is 0.839. The van der Waals surface area contributed by atoms with Crippen LogP contribution in [0.5, 0.6) is 0 Å². The van der Waals surface area contributed by atoms with Crippen molar-refractivity contribution >= 4 is 17.6 Å². The molecule has 4 N–H and O–H groups in total.